The van der Waals surface area contributed by atoms with Crippen LogP contribution in [0.5, 0.6) is 0 Å². The number of hydrogen-bond donors (Lipinski definition) is 4. The normalized spacial score (nSPS) is 20.1. The number of aliphatic hydroxyl groups is 1. The Morgan fingerprint density at radius 2 is 1.76 bits per heavy atom. The van der Waals surface area contributed by atoms with Crippen LogP contribution in [-0.4, -0.2) is 71.3 Å². The molecule has 0 bridgehead atoms. The zero-order chi connectivity index (χ0) is 38.1. The molecule has 2 fully saturated rings. The summed E-state index contributed by atoms with van der Waals surface area (Å²) in [6, 6.07) is 20.8. The van der Waals surface area contributed by atoms with Crippen molar-refractivity contribution in [2.75, 3.05) is 34.3 Å². The van der Waals surface area contributed by atoms with E-state index in [1.165, 1.54) is 5.56 Å². The maximum Gasteiger partial charge on any atom is 0.278 e. The Morgan fingerprint density at radius 3 is 2.49 bits per heavy atom. The molecule has 1 aliphatic carbocycles. The Hall–Kier alpha value is -4.93. The van der Waals surface area contributed by atoms with Crippen molar-refractivity contribution in [2.45, 2.75) is 69.1 Å². The highest BCUT2D eigenvalue weighted by Crippen LogP contribution is 2.37. The number of imide groups is 1. The lowest BCUT2D eigenvalue weighted by molar-refractivity contribution is -0.134. The Kier molecular flexibility index (Phi) is 10.5. The molecule has 3 aromatic heterocycles. The molecule has 2 amide bonds. The van der Waals surface area contributed by atoms with Crippen molar-refractivity contribution in [2.24, 2.45) is 0 Å². The summed E-state index contributed by atoms with van der Waals surface area (Å²) in [7, 11) is 0. The molecule has 8 rings (SSSR count). The molecule has 5 aromatic rings. The maximum atomic E-state index is 13.5. The molecule has 0 radical (unpaired) electrons. The lowest BCUT2D eigenvalue weighted by Gasteiger charge is -2.34. The number of nitrogens with one attached hydrogen (secondary N) is 3. The second-order valence-electron chi connectivity index (χ2n) is 14.6. The van der Waals surface area contributed by atoms with Gasteiger partial charge in [0.25, 0.3) is 5.56 Å². The molecule has 3 aliphatic rings. The van der Waals surface area contributed by atoms with Crippen LogP contribution in [0.3, 0.4) is 0 Å². The number of nitrogens with zero attached hydrogens (tertiary/aromatic N) is 6. The molecule has 1 unspecified atom stereocenters. The number of aryl methyl sites for hydroxylation is 1. The minimum absolute atomic E-state index is 0.189. The van der Waals surface area contributed by atoms with Gasteiger partial charge in [0.2, 0.25) is 17.8 Å². The number of benzene rings is 2. The van der Waals surface area contributed by atoms with Gasteiger partial charge in [-0.25, -0.2) is 19.3 Å². The van der Waals surface area contributed by atoms with Crippen LogP contribution in [0.25, 0.3) is 16.9 Å². The summed E-state index contributed by atoms with van der Waals surface area (Å²) in [6.07, 6.45) is 8.54. The molecule has 2 atom stereocenters. The van der Waals surface area contributed by atoms with Gasteiger partial charge in [-0.05, 0) is 92.1 Å². The standard InChI is InChI=1S/C41H44IN9O4/c1-2-21-50-39(54)33-24-44-40(48-37(33)51(50)34-13-7-28-15-19-41(55,25-42)36(28)46-34)45-30-8-10-31(11-9-30)49-22-17-29(18-23-49)43-20-16-26-3-5-27(6-4-26)32-12-14-35(52)47-38(32)53/h2-11,13,24,29,32,43,55H,1,12,14-23,25H2,(H,44,45,48)(H,47,52,53)/t32?,41-/m0/s1. The maximum absolute atomic E-state index is 13.5. The van der Waals surface area contributed by atoms with E-state index >= 15 is 0 Å². The number of pyridine rings is 1. The average Bonchev–Trinajstić information content (AvgIpc) is 3.68. The minimum Gasteiger partial charge on any atom is -0.383 e. The largest absolute Gasteiger partial charge is 0.383 e. The van der Waals surface area contributed by atoms with E-state index in [-0.39, 0.29) is 29.8 Å². The van der Waals surface area contributed by atoms with Crippen molar-refractivity contribution in [1.82, 2.24) is 34.9 Å². The predicted octanol–water partition coefficient (Wildman–Crippen LogP) is 4.80. The van der Waals surface area contributed by atoms with E-state index in [2.05, 4.69) is 79.3 Å². The number of amides is 2. The van der Waals surface area contributed by atoms with Crippen molar-refractivity contribution in [1.29, 1.82) is 0 Å². The van der Waals surface area contributed by atoms with Crippen LogP contribution in [0.4, 0.5) is 17.3 Å². The summed E-state index contributed by atoms with van der Waals surface area (Å²) in [4.78, 5) is 53.7. The Labute approximate surface area is 332 Å². The van der Waals surface area contributed by atoms with Crippen LogP contribution in [0.15, 0.2) is 84.3 Å². The number of aromatic nitrogens is 5. The summed E-state index contributed by atoms with van der Waals surface area (Å²) >= 11 is 2.20. The fourth-order valence-corrected chi connectivity index (χ4v) is 8.72. The molecule has 13 nitrogen and oxygen atoms in total. The first-order valence-corrected chi connectivity index (χ1v) is 20.4. The highest BCUT2D eigenvalue weighted by molar-refractivity contribution is 14.1. The summed E-state index contributed by atoms with van der Waals surface area (Å²) < 4.78 is 3.77. The van der Waals surface area contributed by atoms with Gasteiger partial charge in [-0.2, -0.15) is 4.98 Å². The zero-order valence-electron chi connectivity index (χ0n) is 30.5. The van der Waals surface area contributed by atoms with Gasteiger partial charge in [-0.1, -0.05) is 59.0 Å². The van der Waals surface area contributed by atoms with Crippen LogP contribution in [0.2, 0.25) is 0 Å². The second kappa shape index (κ2) is 15.7. The third-order valence-corrected chi connectivity index (χ3v) is 12.3. The van der Waals surface area contributed by atoms with Gasteiger partial charge in [0, 0.05) is 47.6 Å². The number of anilines is 3. The number of rotatable bonds is 12. The first kappa shape index (κ1) is 37.0. The molecule has 5 heterocycles. The molecule has 55 heavy (non-hydrogen) atoms. The number of halogens is 1. The second-order valence-corrected chi connectivity index (χ2v) is 15.4. The monoisotopic (exact) mass is 853 g/mol. The third-order valence-electron chi connectivity index (χ3n) is 11.1. The number of alkyl halides is 1. The zero-order valence-corrected chi connectivity index (χ0v) is 32.7. The molecule has 4 N–H and O–H groups in total. The summed E-state index contributed by atoms with van der Waals surface area (Å²) in [6.45, 7) is 6.90. The molecule has 14 heteroatoms. The van der Waals surface area contributed by atoms with E-state index < -0.39 is 5.60 Å². The molecule has 2 aliphatic heterocycles. The highest BCUT2D eigenvalue weighted by Gasteiger charge is 2.38. The molecule has 0 spiro atoms. The number of piperidine rings is 2. The third kappa shape index (κ3) is 7.54. The van der Waals surface area contributed by atoms with E-state index in [4.69, 9.17) is 9.97 Å². The van der Waals surface area contributed by atoms with Gasteiger partial charge in [-0.3, -0.25) is 19.7 Å². The van der Waals surface area contributed by atoms with Gasteiger partial charge in [0.15, 0.2) is 11.5 Å². The predicted molar refractivity (Wildman–Crippen MR) is 220 cm³/mol. The van der Waals surface area contributed by atoms with Gasteiger partial charge >= 0.3 is 0 Å². The van der Waals surface area contributed by atoms with Crippen molar-refractivity contribution >= 4 is 62.8 Å². The summed E-state index contributed by atoms with van der Waals surface area (Å²) in [5, 5.41) is 21.1. The summed E-state index contributed by atoms with van der Waals surface area (Å²) in [5.41, 5.74) is 5.01. The Bertz CT molecular complexity index is 2300. The van der Waals surface area contributed by atoms with Crippen molar-refractivity contribution in [3.8, 4) is 5.82 Å². The van der Waals surface area contributed by atoms with Gasteiger partial charge in [0.05, 0.1) is 18.2 Å². The molecule has 284 valence electrons. The first-order valence-electron chi connectivity index (χ1n) is 18.9. The molecule has 2 saturated heterocycles. The van der Waals surface area contributed by atoms with Crippen LogP contribution in [0.1, 0.15) is 60.4 Å². The van der Waals surface area contributed by atoms with Crippen LogP contribution in [-0.2, 0) is 34.6 Å². The Morgan fingerprint density at radius 1 is 0.982 bits per heavy atom. The van der Waals surface area contributed by atoms with E-state index in [1.54, 1.807) is 21.6 Å². The minimum atomic E-state index is -1.00. The molecule has 0 saturated carbocycles. The quantitative estimate of drug-likeness (QED) is 0.0595. The van der Waals surface area contributed by atoms with Crippen LogP contribution >= 0.6 is 22.6 Å². The van der Waals surface area contributed by atoms with Crippen molar-refractivity contribution < 1.29 is 14.7 Å². The van der Waals surface area contributed by atoms with Crippen LogP contribution < -0.4 is 26.4 Å². The highest BCUT2D eigenvalue weighted by atomic mass is 127. The molecular formula is C41H44IN9O4. The van der Waals surface area contributed by atoms with Gasteiger partial charge in [0.1, 0.15) is 11.0 Å². The van der Waals surface area contributed by atoms with Crippen LogP contribution in [0, 0.1) is 0 Å². The topological polar surface area (TPSA) is 159 Å². The lowest BCUT2D eigenvalue weighted by Crippen LogP contribution is -2.43. The van der Waals surface area contributed by atoms with Gasteiger partial charge < -0.3 is 20.6 Å². The average molecular weight is 854 g/mol. The molecular weight excluding hydrogens is 809 g/mol. The fourth-order valence-electron chi connectivity index (χ4n) is 7.97. The number of carbonyl (C=O) groups excluding carboxylic acids is 2. The van der Waals surface area contributed by atoms with E-state index in [0.29, 0.717) is 58.2 Å². The number of allylic oxidation sites excluding steroid dienone is 1. The number of carbonyl (C=O) groups is 2. The summed E-state index contributed by atoms with van der Waals surface area (Å²) in [5.74, 6) is 0.219. The lowest BCUT2D eigenvalue weighted by atomic mass is 9.90. The van der Waals surface area contributed by atoms with E-state index in [9.17, 15) is 19.5 Å². The SMILES string of the molecule is C=CCn1c(=O)c2cnc(Nc3ccc(N4CCC(NCCc5ccc(C6CCC(=O)NC6=O)cc5)CC4)cc3)nc2n1-c1ccc2c(n1)[C@@](O)(CI)CC2. The van der Waals surface area contributed by atoms with Gasteiger partial charge in [-0.15, -0.1) is 6.58 Å². The number of fused-ring (bicyclic) bond motifs is 2. The number of hydrogen-bond acceptors (Lipinski definition) is 10. The van der Waals surface area contributed by atoms with E-state index in [0.717, 1.165) is 67.8 Å². The smallest absolute Gasteiger partial charge is 0.278 e. The first-order chi connectivity index (χ1) is 26.7. The fraction of sp³-hybridized carbons (Fsp3) is 0.366. The Balaban J connectivity index is 0.879. The van der Waals surface area contributed by atoms with Crippen molar-refractivity contribution in [3.63, 3.8) is 0 Å². The molecule has 2 aromatic carbocycles. The van der Waals surface area contributed by atoms with E-state index in [1.807, 2.05) is 36.4 Å². The van der Waals surface area contributed by atoms with Crippen molar-refractivity contribution in [3.05, 3.63) is 112 Å².